The Labute approximate surface area is 126 Å². The second-order valence-electron chi connectivity index (χ2n) is 5.97. The number of nitrogens with one attached hydrogen (secondary N) is 1. The highest BCUT2D eigenvalue weighted by Crippen LogP contribution is 2.33. The maximum atomic E-state index is 12.7. The first-order valence-corrected chi connectivity index (χ1v) is 7.97. The molecule has 2 fully saturated rings. The zero-order valence-electron chi connectivity index (χ0n) is 12.7. The van der Waals surface area contributed by atoms with Crippen molar-refractivity contribution in [3.8, 4) is 5.75 Å². The van der Waals surface area contributed by atoms with E-state index in [-0.39, 0.29) is 18.0 Å². The molecule has 0 radical (unpaired) electrons. The molecule has 1 N–H and O–H groups in total. The number of hydrogen-bond acceptors (Lipinski definition) is 3. The minimum Gasteiger partial charge on any atom is -0.497 e. The van der Waals surface area contributed by atoms with Crippen LogP contribution in [-0.4, -0.2) is 37.0 Å². The van der Waals surface area contributed by atoms with E-state index in [9.17, 15) is 4.79 Å². The monoisotopic (exact) mass is 288 g/mol. The molecule has 0 bridgehead atoms. The number of hydrogen-bond donors (Lipinski definition) is 1. The zero-order chi connectivity index (χ0) is 14.7. The molecule has 4 nitrogen and oxygen atoms in total. The van der Waals surface area contributed by atoms with Crippen molar-refractivity contribution in [2.75, 3.05) is 20.2 Å². The molecule has 0 spiro atoms. The van der Waals surface area contributed by atoms with Gasteiger partial charge in [0.2, 0.25) is 5.91 Å². The molecule has 21 heavy (non-hydrogen) atoms. The lowest BCUT2D eigenvalue weighted by molar-refractivity contribution is -0.135. The Bertz CT molecular complexity index is 480. The SMILES string of the molecule is COc1ccc(C2CCCN2C(=O)[C@@H]2CCCCN2)cc1. The van der Waals surface area contributed by atoms with Crippen molar-refractivity contribution in [3.63, 3.8) is 0 Å². The standard InChI is InChI=1S/C17H24N2O2/c1-21-14-9-7-13(8-10-14)16-6-4-12-19(16)17(20)15-5-2-3-11-18-15/h7-10,15-16,18H,2-6,11-12H2,1H3/t15-,16?/m0/s1. The number of ether oxygens (including phenoxy) is 1. The first-order chi connectivity index (χ1) is 10.3. The Kier molecular flexibility index (Phi) is 4.44. The van der Waals surface area contributed by atoms with Gasteiger partial charge in [-0.15, -0.1) is 0 Å². The van der Waals surface area contributed by atoms with Crippen molar-refractivity contribution in [1.29, 1.82) is 0 Å². The highest BCUT2D eigenvalue weighted by atomic mass is 16.5. The molecule has 0 aromatic heterocycles. The molecule has 2 aliphatic heterocycles. The predicted molar refractivity (Wildman–Crippen MR) is 82.3 cm³/mol. The van der Waals surface area contributed by atoms with Gasteiger partial charge in [0.15, 0.2) is 0 Å². The van der Waals surface area contributed by atoms with Crippen LogP contribution in [0.5, 0.6) is 5.75 Å². The molecule has 1 aromatic rings. The van der Waals surface area contributed by atoms with Gasteiger partial charge < -0.3 is 15.0 Å². The summed E-state index contributed by atoms with van der Waals surface area (Å²) in [5, 5.41) is 3.37. The summed E-state index contributed by atoms with van der Waals surface area (Å²) in [7, 11) is 1.68. The predicted octanol–water partition coefficient (Wildman–Crippen LogP) is 2.50. The lowest BCUT2D eigenvalue weighted by atomic mass is 10.0. The molecule has 1 unspecified atom stereocenters. The summed E-state index contributed by atoms with van der Waals surface area (Å²) >= 11 is 0. The number of amides is 1. The van der Waals surface area contributed by atoms with Gasteiger partial charge in [0, 0.05) is 6.54 Å². The van der Waals surface area contributed by atoms with Crippen LogP contribution in [0.1, 0.15) is 43.7 Å². The smallest absolute Gasteiger partial charge is 0.240 e. The largest absolute Gasteiger partial charge is 0.497 e. The van der Waals surface area contributed by atoms with Crippen molar-refractivity contribution < 1.29 is 9.53 Å². The molecule has 2 saturated heterocycles. The molecule has 0 saturated carbocycles. The lowest BCUT2D eigenvalue weighted by Gasteiger charge is -2.31. The Morgan fingerprint density at radius 1 is 1.19 bits per heavy atom. The van der Waals surface area contributed by atoms with Gasteiger partial charge in [0.05, 0.1) is 19.2 Å². The zero-order valence-corrected chi connectivity index (χ0v) is 12.7. The summed E-state index contributed by atoms with van der Waals surface area (Å²) in [5.41, 5.74) is 1.22. The van der Waals surface area contributed by atoms with Crippen LogP contribution in [0.25, 0.3) is 0 Å². The summed E-state index contributed by atoms with van der Waals surface area (Å²) in [5.74, 6) is 1.15. The number of benzene rings is 1. The van der Waals surface area contributed by atoms with Crippen molar-refractivity contribution in [2.24, 2.45) is 0 Å². The number of nitrogens with zero attached hydrogens (tertiary/aromatic N) is 1. The van der Waals surface area contributed by atoms with E-state index in [0.29, 0.717) is 0 Å². The van der Waals surface area contributed by atoms with E-state index in [1.165, 1.54) is 12.0 Å². The summed E-state index contributed by atoms with van der Waals surface area (Å²) < 4.78 is 5.21. The second-order valence-corrected chi connectivity index (χ2v) is 5.97. The van der Waals surface area contributed by atoms with E-state index in [1.54, 1.807) is 7.11 Å². The fourth-order valence-electron chi connectivity index (χ4n) is 3.47. The van der Waals surface area contributed by atoms with Crippen LogP contribution in [0.4, 0.5) is 0 Å². The number of rotatable bonds is 3. The van der Waals surface area contributed by atoms with Gasteiger partial charge in [-0.2, -0.15) is 0 Å². The molecule has 1 aromatic carbocycles. The third kappa shape index (κ3) is 3.05. The Hall–Kier alpha value is -1.55. The van der Waals surface area contributed by atoms with E-state index in [2.05, 4.69) is 22.3 Å². The van der Waals surface area contributed by atoms with Crippen LogP contribution >= 0.6 is 0 Å². The fourth-order valence-corrected chi connectivity index (χ4v) is 3.47. The number of piperidine rings is 1. The summed E-state index contributed by atoms with van der Waals surface area (Å²) in [6.45, 7) is 1.85. The van der Waals surface area contributed by atoms with Crippen LogP contribution in [0.3, 0.4) is 0 Å². The van der Waals surface area contributed by atoms with Gasteiger partial charge in [0.25, 0.3) is 0 Å². The van der Waals surface area contributed by atoms with Gasteiger partial charge in [-0.3, -0.25) is 4.79 Å². The molecule has 4 heteroatoms. The van der Waals surface area contributed by atoms with Crippen molar-refractivity contribution in [1.82, 2.24) is 10.2 Å². The van der Waals surface area contributed by atoms with Crippen LogP contribution in [-0.2, 0) is 4.79 Å². The van der Waals surface area contributed by atoms with E-state index >= 15 is 0 Å². The molecular weight excluding hydrogens is 264 g/mol. The van der Waals surface area contributed by atoms with Crippen LogP contribution in [0.15, 0.2) is 24.3 Å². The second kappa shape index (κ2) is 6.48. The number of methoxy groups -OCH3 is 1. The minimum absolute atomic E-state index is 0.0256. The molecule has 2 aliphatic rings. The quantitative estimate of drug-likeness (QED) is 0.929. The van der Waals surface area contributed by atoms with E-state index < -0.39 is 0 Å². The average Bonchev–Trinajstić information content (AvgIpc) is 3.04. The van der Waals surface area contributed by atoms with Gasteiger partial charge >= 0.3 is 0 Å². The van der Waals surface area contributed by atoms with Gasteiger partial charge in [0.1, 0.15) is 5.75 Å². The van der Waals surface area contributed by atoms with Crippen LogP contribution in [0.2, 0.25) is 0 Å². The molecule has 3 rings (SSSR count). The fraction of sp³-hybridized carbons (Fsp3) is 0.588. The number of carbonyl (C=O) groups is 1. The summed E-state index contributed by atoms with van der Waals surface area (Å²) in [6, 6.07) is 8.39. The maximum absolute atomic E-state index is 12.7. The molecule has 0 aliphatic carbocycles. The lowest BCUT2D eigenvalue weighted by Crippen LogP contribution is -2.48. The average molecular weight is 288 g/mol. The maximum Gasteiger partial charge on any atom is 0.240 e. The molecule has 1 amide bonds. The van der Waals surface area contributed by atoms with Crippen molar-refractivity contribution in [3.05, 3.63) is 29.8 Å². The minimum atomic E-state index is 0.0256. The Balaban J connectivity index is 1.73. The van der Waals surface area contributed by atoms with Crippen molar-refractivity contribution in [2.45, 2.75) is 44.2 Å². The van der Waals surface area contributed by atoms with E-state index in [1.807, 2.05) is 12.1 Å². The molecular formula is C17H24N2O2. The van der Waals surface area contributed by atoms with Gasteiger partial charge in [-0.1, -0.05) is 18.6 Å². The van der Waals surface area contributed by atoms with E-state index in [0.717, 1.165) is 44.5 Å². The normalized spacial score (nSPS) is 25.9. The molecule has 2 heterocycles. The number of likely N-dealkylation sites (tertiary alicyclic amines) is 1. The first-order valence-electron chi connectivity index (χ1n) is 7.97. The van der Waals surface area contributed by atoms with Crippen LogP contribution < -0.4 is 10.1 Å². The van der Waals surface area contributed by atoms with Gasteiger partial charge in [-0.05, 0) is 49.9 Å². The van der Waals surface area contributed by atoms with Crippen molar-refractivity contribution >= 4 is 5.91 Å². The van der Waals surface area contributed by atoms with Crippen LogP contribution in [0, 0.1) is 0 Å². The summed E-state index contributed by atoms with van der Waals surface area (Å²) in [4.78, 5) is 14.8. The molecule has 2 atom stereocenters. The summed E-state index contributed by atoms with van der Waals surface area (Å²) in [6.07, 6.45) is 5.47. The topological polar surface area (TPSA) is 41.6 Å². The number of carbonyl (C=O) groups excluding carboxylic acids is 1. The Morgan fingerprint density at radius 2 is 2.00 bits per heavy atom. The van der Waals surface area contributed by atoms with E-state index in [4.69, 9.17) is 4.74 Å². The highest BCUT2D eigenvalue weighted by Gasteiger charge is 2.34. The third-order valence-electron chi connectivity index (χ3n) is 4.64. The Morgan fingerprint density at radius 3 is 2.67 bits per heavy atom. The first kappa shape index (κ1) is 14.4. The third-order valence-corrected chi connectivity index (χ3v) is 4.64. The van der Waals surface area contributed by atoms with Gasteiger partial charge in [-0.25, -0.2) is 0 Å². The molecule has 114 valence electrons. The highest BCUT2D eigenvalue weighted by molar-refractivity contribution is 5.82.